The van der Waals surface area contributed by atoms with Gasteiger partial charge in [0, 0.05) is 11.6 Å². The van der Waals surface area contributed by atoms with Crippen LogP contribution in [0.4, 0.5) is 0 Å². The lowest BCUT2D eigenvalue weighted by Crippen LogP contribution is -2.37. The monoisotopic (exact) mass is 219 g/mol. The van der Waals surface area contributed by atoms with E-state index in [0.29, 0.717) is 13.2 Å². The van der Waals surface area contributed by atoms with Crippen molar-refractivity contribution in [2.45, 2.75) is 13.0 Å². The van der Waals surface area contributed by atoms with Gasteiger partial charge in [-0.15, -0.1) is 0 Å². The van der Waals surface area contributed by atoms with Gasteiger partial charge in [0.2, 0.25) is 0 Å². The normalized spacial score (nSPS) is 24.6. The summed E-state index contributed by atoms with van der Waals surface area (Å²) in [4.78, 5) is 12.2. The molecule has 0 spiro atoms. The fourth-order valence-electron chi connectivity index (χ4n) is 2.11. The average molecular weight is 219 g/mol. The SMILES string of the molecule is CNC1COCC1C(=O)c1cccc(C)c1. The Hall–Kier alpha value is -1.19. The number of Topliss-reactive ketones (excluding diaryl/α,β-unsaturated/α-hetero) is 1. The van der Waals surface area contributed by atoms with Crippen LogP contribution in [0, 0.1) is 12.8 Å². The van der Waals surface area contributed by atoms with Crippen molar-refractivity contribution < 1.29 is 9.53 Å². The summed E-state index contributed by atoms with van der Waals surface area (Å²) in [6.07, 6.45) is 0. The lowest BCUT2D eigenvalue weighted by atomic mass is 9.93. The molecule has 0 radical (unpaired) electrons. The van der Waals surface area contributed by atoms with E-state index in [2.05, 4.69) is 5.32 Å². The summed E-state index contributed by atoms with van der Waals surface area (Å²) in [6.45, 7) is 3.15. The summed E-state index contributed by atoms with van der Waals surface area (Å²) in [7, 11) is 1.87. The standard InChI is InChI=1S/C13H17NO2/c1-9-4-3-5-10(6-9)13(15)11-7-16-8-12(11)14-2/h3-6,11-12,14H,7-8H2,1-2H3. The van der Waals surface area contributed by atoms with Crippen LogP contribution < -0.4 is 5.32 Å². The van der Waals surface area contributed by atoms with E-state index < -0.39 is 0 Å². The molecule has 2 atom stereocenters. The first-order chi connectivity index (χ1) is 7.72. The molecule has 1 N–H and O–H groups in total. The van der Waals surface area contributed by atoms with Crippen molar-refractivity contribution in [1.29, 1.82) is 0 Å². The molecule has 0 amide bonds. The van der Waals surface area contributed by atoms with E-state index in [4.69, 9.17) is 4.74 Å². The molecule has 16 heavy (non-hydrogen) atoms. The number of ether oxygens (including phenoxy) is 1. The number of benzene rings is 1. The summed E-state index contributed by atoms with van der Waals surface area (Å²) in [6, 6.07) is 7.88. The number of ketones is 1. The minimum Gasteiger partial charge on any atom is -0.379 e. The average Bonchev–Trinajstić information content (AvgIpc) is 2.76. The van der Waals surface area contributed by atoms with Crippen molar-refractivity contribution >= 4 is 5.78 Å². The predicted octanol–water partition coefficient (Wildman–Crippen LogP) is 1.41. The maximum Gasteiger partial charge on any atom is 0.169 e. The van der Waals surface area contributed by atoms with Gasteiger partial charge in [-0.1, -0.05) is 23.8 Å². The van der Waals surface area contributed by atoms with E-state index in [1.165, 1.54) is 0 Å². The van der Waals surface area contributed by atoms with Gasteiger partial charge in [0.15, 0.2) is 5.78 Å². The number of rotatable bonds is 3. The summed E-state index contributed by atoms with van der Waals surface area (Å²) in [5.74, 6) is 0.132. The van der Waals surface area contributed by atoms with E-state index in [-0.39, 0.29) is 17.7 Å². The van der Waals surface area contributed by atoms with Crippen molar-refractivity contribution in [2.75, 3.05) is 20.3 Å². The Morgan fingerprint density at radius 1 is 1.44 bits per heavy atom. The Balaban J connectivity index is 2.18. The molecule has 0 aromatic heterocycles. The lowest BCUT2D eigenvalue weighted by molar-refractivity contribution is 0.0892. The number of hydrogen-bond acceptors (Lipinski definition) is 3. The van der Waals surface area contributed by atoms with Crippen LogP contribution in [0.1, 0.15) is 15.9 Å². The first-order valence-corrected chi connectivity index (χ1v) is 5.58. The van der Waals surface area contributed by atoms with Gasteiger partial charge in [-0.25, -0.2) is 0 Å². The summed E-state index contributed by atoms with van der Waals surface area (Å²) >= 11 is 0. The molecular formula is C13H17NO2. The first kappa shape index (κ1) is 11.3. The van der Waals surface area contributed by atoms with Gasteiger partial charge >= 0.3 is 0 Å². The van der Waals surface area contributed by atoms with E-state index in [9.17, 15) is 4.79 Å². The second-order valence-corrected chi connectivity index (χ2v) is 4.27. The summed E-state index contributed by atoms with van der Waals surface area (Å²) in [5, 5.41) is 3.13. The maximum absolute atomic E-state index is 12.2. The summed E-state index contributed by atoms with van der Waals surface area (Å²) < 4.78 is 5.35. The van der Waals surface area contributed by atoms with Crippen molar-refractivity contribution in [3.8, 4) is 0 Å². The highest BCUT2D eigenvalue weighted by Crippen LogP contribution is 2.19. The fourth-order valence-corrected chi connectivity index (χ4v) is 2.11. The van der Waals surface area contributed by atoms with E-state index >= 15 is 0 Å². The van der Waals surface area contributed by atoms with Crippen LogP contribution in [0.5, 0.6) is 0 Å². The zero-order valence-corrected chi connectivity index (χ0v) is 9.69. The highest BCUT2D eigenvalue weighted by Gasteiger charge is 2.33. The highest BCUT2D eigenvalue weighted by atomic mass is 16.5. The maximum atomic E-state index is 12.2. The molecule has 1 heterocycles. The second-order valence-electron chi connectivity index (χ2n) is 4.27. The molecule has 1 aliphatic heterocycles. The van der Waals surface area contributed by atoms with Crippen LogP contribution in [-0.4, -0.2) is 32.1 Å². The minimum atomic E-state index is -0.0493. The molecule has 0 saturated carbocycles. The number of carbonyl (C=O) groups excluding carboxylic acids is 1. The van der Waals surface area contributed by atoms with Gasteiger partial charge in [0.1, 0.15) is 0 Å². The zero-order valence-electron chi connectivity index (χ0n) is 9.69. The van der Waals surface area contributed by atoms with Crippen LogP contribution in [0.3, 0.4) is 0 Å². The molecule has 0 bridgehead atoms. The number of carbonyl (C=O) groups is 1. The topological polar surface area (TPSA) is 38.3 Å². The third-order valence-corrected chi connectivity index (χ3v) is 3.09. The Bertz CT molecular complexity index is 389. The molecule has 1 aliphatic rings. The molecule has 2 unspecified atom stereocenters. The van der Waals surface area contributed by atoms with E-state index in [1.54, 1.807) is 0 Å². The van der Waals surface area contributed by atoms with Crippen LogP contribution in [-0.2, 0) is 4.74 Å². The quantitative estimate of drug-likeness (QED) is 0.781. The second kappa shape index (κ2) is 4.76. The lowest BCUT2D eigenvalue weighted by Gasteiger charge is -2.15. The Morgan fingerprint density at radius 3 is 2.94 bits per heavy atom. The van der Waals surface area contributed by atoms with Crippen LogP contribution >= 0.6 is 0 Å². The van der Waals surface area contributed by atoms with Gasteiger partial charge in [0.05, 0.1) is 19.1 Å². The third-order valence-electron chi connectivity index (χ3n) is 3.09. The molecule has 3 nitrogen and oxygen atoms in total. The smallest absolute Gasteiger partial charge is 0.169 e. The zero-order chi connectivity index (χ0) is 11.5. The Kier molecular flexibility index (Phi) is 3.36. The molecular weight excluding hydrogens is 202 g/mol. The molecule has 0 aliphatic carbocycles. The van der Waals surface area contributed by atoms with Crippen molar-refractivity contribution in [3.05, 3.63) is 35.4 Å². The van der Waals surface area contributed by atoms with Crippen LogP contribution in [0.15, 0.2) is 24.3 Å². The molecule has 3 heteroatoms. The van der Waals surface area contributed by atoms with E-state index in [0.717, 1.165) is 11.1 Å². The number of hydrogen-bond donors (Lipinski definition) is 1. The third kappa shape index (κ3) is 2.15. The van der Waals surface area contributed by atoms with Gasteiger partial charge in [-0.3, -0.25) is 4.79 Å². The van der Waals surface area contributed by atoms with Crippen molar-refractivity contribution in [2.24, 2.45) is 5.92 Å². The van der Waals surface area contributed by atoms with Crippen LogP contribution in [0.25, 0.3) is 0 Å². The molecule has 1 saturated heterocycles. The molecule has 1 fully saturated rings. The summed E-state index contributed by atoms with van der Waals surface area (Å²) in [5.41, 5.74) is 1.90. The van der Waals surface area contributed by atoms with Crippen molar-refractivity contribution in [1.82, 2.24) is 5.32 Å². The molecule has 1 aromatic carbocycles. The van der Waals surface area contributed by atoms with Gasteiger partial charge < -0.3 is 10.1 Å². The van der Waals surface area contributed by atoms with Gasteiger partial charge in [0.25, 0.3) is 0 Å². The first-order valence-electron chi connectivity index (χ1n) is 5.58. The van der Waals surface area contributed by atoms with Gasteiger partial charge in [-0.2, -0.15) is 0 Å². The van der Waals surface area contributed by atoms with E-state index in [1.807, 2.05) is 38.2 Å². The molecule has 2 rings (SSSR count). The molecule has 1 aromatic rings. The number of aryl methyl sites for hydroxylation is 1. The van der Waals surface area contributed by atoms with Crippen LogP contribution in [0.2, 0.25) is 0 Å². The Labute approximate surface area is 95.8 Å². The van der Waals surface area contributed by atoms with Crippen molar-refractivity contribution in [3.63, 3.8) is 0 Å². The highest BCUT2D eigenvalue weighted by molar-refractivity contribution is 5.98. The predicted molar refractivity (Wildman–Crippen MR) is 62.7 cm³/mol. The molecule has 86 valence electrons. The minimum absolute atomic E-state index is 0.0493. The number of nitrogens with one attached hydrogen (secondary N) is 1. The largest absolute Gasteiger partial charge is 0.379 e. The Morgan fingerprint density at radius 2 is 2.25 bits per heavy atom. The fraction of sp³-hybridized carbons (Fsp3) is 0.462. The number of likely N-dealkylation sites (N-methyl/N-ethyl adjacent to an activating group) is 1. The van der Waals surface area contributed by atoms with Gasteiger partial charge in [-0.05, 0) is 20.0 Å².